The minimum absolute atomic E-state index is 0.0478. The summed E-state index contributed by atoms with van der Waals surface area (Å²) in [5.74, 6) is -0.293. The maximum atomic E-state index is 14.4. The second-order valence-electron chi connectivity index (χ2n) is 10.3. The molecule has 3 heterocycles. The van der Waals surface area contributed by atoms with Crippen LogP contribution < -0.4 is 11.1 Å². The van der Waals surface area contributed by atoms with Crippen molar-refractivity contribution in [3.63, 3.8) is 0 Å². The zero-order chi connectivity index (χ0) is 30.9. The predicted octanol–water partition coefficient (Wildman–Crippen LogP) is 6.82. The van der Waals surface area contributed by atoms with Crippen LogP contribution in [-0.4, -0.2) is 41.0 Å². The van der Waals surface area contributed by atoms with Gasteiger partial charge in [0.1, 0.15) is 12.0 Å². The molecular formula is C32H28F4N4O2S. The van der Waals surface area contributed by atoms with Crippen LogP contribution in [0.3, 0.4) is 0 Å². The van der Waals surface area contributed by atoms with Crippen LogP contribution in [0.25, 0.3) is 27.6 Å². The van der Waals surface area contributed by atoms with Gasteiger partial charge in [-0.1, -0.05) is 24.3 Å². The number of amides is 2. The number of thiophene rings is 1. The molecule has 0 radical (unpaired) electrons. The minimum Gasteiger partial charge on any atom is -0.384 e. The third-order valence-corrected chi connectivity index (χ3v) is 8.79. The highest BCUT2D eigenvalue weighted by Gasteiger charge is 2.35. The van der Waals surface area contributed by atoms with Crippen molar-refractivity contribution >= 4 is 35.0 Å². The number of nitrogen functional groups attached to an aromatic ring is 1. The van der Waals surface area contributed by atoms with E-state index in [-0.39, 0.29) is 37.0 Å². The lowest BCUT2D eigenvalue weighted by atomic mass is 9.95. The number of anilines is 1. The Labute approximate surface area is 249 Å². The van der Waals surface area contributed by atoms with Gasteiger partial charge in [-0.15, -0.1) is 11.3 Å². The highest BCUT2D eigenvalue weighted by molar-refractivity contribution is 7.16. The van der Waals surface area contributed by atoms with E-state index in [2.05, 4.69) is 10.3 Å². The van der Waals surface area contributed by atoms with E-state index in [9.17, 15) is 27.2 Å². The van der Waals surface area contributed by atoms with Crippen LogP contribution in [-0.2, 0) is 17.5 Å². The maximum absolute atomic E-state index is 14.4. The average molecular weight is 609 g/mol. The number of nitrogens with zero attached hydrogens (tertiary/aromatic N) is 2. The van der Waals surface area contributed by atoms with E-state index in [1.54, 1.807) is 55.5 Å². The van der Waals surface area contributed by atoms with Crippen LogP contribution in [0.15, 0.2) is 66.9 Å². The van der Waals surface area contributed by atoms with E-state index in [4.69, 9.17) is 5.73 Å². The Morgan fingerprint density at radius 1 is 1.05 bits per heavy atom. The van der Waals surface area contributed by atoms with E-state index in [0.29, 0.717) is 38.5 Å². The van der Waals surface area contributed by atoms with Crippen molar-refractivity contribution in [2.45, 2.75) is 32.7 Å². The molecule has 43 heavy (non-hydrogen) atoms. The van der Waals surface area contributed by atoms with Crippen molar-refractivity contribution in [2.24, 2.45) is 0 Å². The number of aromatic nitrogens is 1. The molecule has 3 N–H and O–H groups in total. The summed E-state index contributed by atoms with van der Waals surface area (Å²) in [5.41, 5.74) is 8.29. The van der Waals surface area contributed by atoms with Gasteiger partial charge in [0.05, 0.1) is 25.2 Å². The van der Waals surface area contributed by atoms with Crippen LogP contribution in [0.5, 0.6) is 0 Å². The third kappa shape index (κ3) is 6.61. The summed E-state index contributed by atoms with van der Waals surface area (Å²) in [5, 5.41) is 2.79. The Morgan fingerprint density at radius 2 is 1.74 bits per heavy atom. The van der Waals surface area contributed by atoms with Gasteiger partial charge in [0.2, 0.25) is 5.91 Å². The smallest absolute Gasteiger partial charge is 0.384 e. The van der Waals surface area contributed by atoms with E-state index in [1.165, 1.54) is 34.6 Å². The fraction of sp³-hybridized carbons (Fsp3) is 0.219. The summed E-state index contributed by atoms with van der Waals surface area (Å²) in [4.78, 5) is 31.4. The number of likely N-dealkylation sites (tertiary alicyclic amines) is 1. The Morgan fingerprint density at radius 3 is 2.37 bits per heavy atom. The lowest BCUT2D eigenvalue weighted by Crippen LogP contribution is -2.51. The molecule has 0 atom stereocenters. The third-order valence-electron chi connectivity index (χ3n) is 7.37. The maximum Gasteiger partial charge on any atom is 0.417 e. The van der Waals surface area contributed by atoms with Gasteiger partial charge in [0, 0.05) is 33.2 Å². The van der Waals surface area contributed by atoms with Gasteiger partial charge in [-0.2, -0.15) is 13.2 Å². The summed E-state index contributed by atoms with van der Waals surface area (Å²) < 4.78 is 56.2. The Bertz CT molecular complexity index is 1690. The van der Waals surface area contributed by atoms with Crippen molar-refractivity contribution in [1.82, 2.24) is 15.2 Å². The predicted molar refractivity (Wildman–Crippen MR) is 160 cm³/mol. The molecule has 0 aliphatic carbocycles. The number of carbonyl (C=O) groups is 2. The summed E-state index contributed by atoms with van der Waals surface area (Å²) in [7, 11) is 0. The molecule has 0 saturated carbocycles. The summed E-state index contributed by atoms with van der Waals surface area (Å²) in [6, 6.07) is 13.8. The van der Waals surface area contributed by atoms with Gasteiger partial charge < -0.3 is 16.0 Å². The molecule has 0 bridgehead atoms. The number of nitrogens with one attached hydrogen (secondary N) is 1. The van der Waals surface area contributed by atoms with Gasteiger partial charge >= 0.3 is 6.18 Å². The molecule has 222 valence electrons. The van der Waals surface area contributed by atoms with Crippen molar-refractivity contribution in [2.75, 3.05) is 18.8 Å². The van der Waals surface area contributed by atoms with Gasteiger partial charge in [-0.3, -0.25) is 9.59 Å². The normalized spacial score (nSPS) is 13.8. The summed E-state index contributed by atoms with van der Waals surface area (Å²) in [6.45, 7) is 3.85. The number of carbonyl (C=O) groups excluding carboxylic acids is 2. The first kappa shape index (κ1) is 30.0. The number of rotatable bonds is 7. The lowest BCUT2D eigenvalue weighted by Gasteiger charge is -2.34. The molecule has 2 aromatic heterocycles. The number of nitrogens with two attached hydrogens (primary N) is 1. The molecule has 5 rings (SSSR count). The molecule has 0 unspecified atom stereocenters. The molecule has 4 aromatic rings. The van der Waals surface area contributed by atoms with Crippen molar-refractivity contribution in [3.05, 3.63) is 99.6 Å². The number of hydrogen-bond donors (Lipinski definition) is 2. The number of pyridine rings is 1. The molecule has 11 heteroatoms. The molecule has 0 spiro atoms. The first-order valence-corrected chi connectivity index (χ1v) is 14.2. The Kier molecular flexibility index (Phi) is 8.36. The fourth-order valence-corrected chi connectivity index (χ4v) is 6.02. The summed E-state index contributed by atoms with van der Waals surface area (Å²) >= 11 is 1.21. The van der Waals surface area contributed by atoms with Gasteiger partial charge in [0.25, 0.3) is 5.91 Å². The molecular weight excluding hydrogens is 580 g/mol. The Balaban J connectivity index is 1.35. The molecule has 2 aromatic carbocycles. The minimum atomic E-state index is -4.62. The quantitative estimate of drug-likeness (QED) is 0.178. The highest BCUT2D eigenvalue weighted by Crippen LogP contribution is 2.44. The van der Waals surface area contributed by atoms with E-state index < -0.39 is 17.9 Å². The zero-order valence-corrected chi connectivity index (χ0v) is 24.2. The van der Waals surface area contributed by atoms with Crippen LogP contribution in [0.4, 0.5) is 23.4 Å². The Hall–Kier alpha value is -4.51. The topological polar surface area (TPSA) is 88.3 Å². The van der Waals surface area contributed by atoms with Crippen LogP contribution in [0.2, 0.25) is 0 Å². The van der Waals surface area contributed by atoms with E-state index in [0.717, 1.165) is 16.5 Å². The monoisotopic (exact) mass is 608 g/mol. The second-order valence-corrected chi connectivity index (χ2v) is 11.4. The number of alkyl halides is 4. The molecule has 1 aliphatic heterocycles. The molecule has 6 nitrogen and oxygen atoms in total. The molecule has 2 amide bonds. The molecule has 1 fully saturated rings. The van der Waals surface area contributed by atoms with Crippen molar-refractivity contribution in [1.29, 1.82) is 0 Å². The molecule has 1 aliphatic rings. The largest absolute Gasteiger partial charge is 0.417 e. The first-order valence-electron chi connectivity index (χ1n) is 13.4. The van der Waals surface area contributed by atoms with Gasteiger partial charge in [-0.25, -0.2) is 9.37 Å². The SMILES string of the molecule is Cc1c(CNC(=O)C=Cc2ccc(N)nc2)sc(-c2ccc(-c3ccc(C(=O)N4CC(F)C4)cc3)cc2C(F)(F)F)c1C. The number of benzene rings is 2. The average Bonchev–Trinajstić information content (AvgIpc) is 3.25. The zero-order valence-electron chi connectivity index (χ0n) is 23.3. The van der Waals surface area contributed by atoms with Crippen LogP contribution in [0.1, 0.15) is 37.5 Å². The van der Waals surface area contributed by atoms with Crippen LogP contribution in [0, 0.1) is 13.8 Å². The van der Waals surface area contributed by atoms with Crippen molar-refractivity contribution < 1.29 is 27.2 Å². The van der Waals surface area contributed by atoms with E-state index >= 15 is 0 Å². The van der Waals surface area contributed by atoms with Crippen LogP contribution >= 0.6 is 11.3 Å². The van der Waals surface area contributed by atoms with Gasteiger partial charge in [0.15, 0.2) is 0 Å². The summed E-state index contributed by atoms with van der Waals surface area (Å²) in [6.07, 6.45) is -1.15. The number of halogens is 4. The fourth-order valence-electron chi connectivity index (χ4n) is 4.73. The molecule has 1 saturated heterocycles. The highest BCUT2D eigenvalue weighted by atomic mass is 32.1. The second kappa shape index (κ2) is 12.0. The van der Waals surface area contributed by atoms with Crippen molar-refractivity contribution in [3.8, 4) is 21.6 Å². The lowest BCUT2D eigenvalue weighted by molar-refractivity contribution is -0.137. The van der Waals surface area contributed by atoms with E-state index in [1.807, 2.05) is 6.92 Å². The standard InChI is InChI=1S/C32H28F4N4O2S/c1-18-19(2)30(43-27(18)15-39-29(41)12-4-20-3-11-28(37)38-14-20)25-10-9-23(13-26(25)32(34,35)36)21-5-7-22(8-6-21)31(42)40-16-24(33)17-40/h3-14,24H,15-17H2,1-2H3,(H2,37,38)(H,39,41). The number of hydrogen-bond acceptors (Lipinski definition) is 5. The first-order chi connectivity index (χ1) is 20.4. The van der Waals surface area contributed by atoms with Gasteiger partial charge in [-0.05, 0) is 78.1 Å².